The number of alkyl halides is 2. The number of aliphatic hydroxyl groups is 1. The van der Waals surface area contributed by atoms with Crippen LogP contribution in [0.1, 0.15) is 26.3 Å². The van der Waals surface area contributed by atoms with E-state index < -0.39 is 12.2 Å². The first-order valence-electron chi connectivity index (χ1n) is 6.75. The van der Waals surface area contributed by atoms with Crippen LogP contribution in [0.4, 0.5) is 8.78 Å². The Morgan fingerprint density at radius 2 is 1.90 bits per heavy atom. The quantitative estimate of drug-likeness (QED) is 0.841. The van der Waals surface area contributed by atoms with Gasteiger partial charge in [0.25, 0.3) is 0 Å². The summed E-state index contributed by atoms with van der Waals surface area (Å²) in [4.78, 5) is 13.7. The molecule has 0 saturated carbocycles. The Hall–Kier alpha value is -1.69. The highest BCUT2D eigenvalue weighted by atomic mass is 19.3. The number of likely N-dealkylation sites (N-methyl/N-ethyl adjacent to an activating group) is 1. The van der Waals surface area contributed by atoms with Gasteiger partial charge in [0.1, 0.15) is 5.75 Å². The van der Waals surface area contributed by atoms with E-state index in [4.69, 9.17) is 0 Å². The zero-order valence-electron chi connectivity index (χ0n) is 12.5. The van der Waals surface area contributed by atoms with E-state index in [-0.39, 0.29) is 24.6 Å². The third kappa shape index (κ3) is 6.53. The van der Waals surface area contributed by atoms with E-state index in [0.29, 0.717) is 12.1 Å². The SMILES string of the molecule is CCN(CC(C)(C)O)C(=O)Cc1ccc(OC(F)F)cc1. The number of benzene rings is 1. The van der Waals surface area contributed by atoms with Crippen molar-refractivity contribution < 1.29 is 23.4 Å². The molecule has 6 heteroatoms. The Morgan fingerprint density at radius 1 is 1.33 bits per heavy atom. The molecule has 0 atom stereocenters. The number of hydrogen-bond donors (Lipinski definition) is 1. The Balaban J connectivity index is 2.64. The van der Waals surface area contributed by atoms with Gasteiger partial charge in [-0.2, -0.15) is 8.78 Å². The summed E-state index contributed by atoms with van der Waals surface area (Å²) in [5.74, 6) is -0.0628. The third-order valence-electron chi connectivity index (χ3n) is 2.82. The minimum Gasteiger partial charge on any atom is -0.435 e. The number of rotatable bonds is 7. The fourth-order valence-corrected chi connectivity index (χ4v) is 1.92. The van der Waals surface area contributed by atoms with Crippen LogP contribution in [0.2, 0.25) is 0 Å². The van der Waals surface area contributed by atoms with Gasteiger partial charge in [-0.3, -0.25) is 4.79 Å². The molecule has 0 bridgehead atoms. The molecule has 1 aromatic rings. The van der Waals surface area contributed by atoms with E-state index in [1.54, 1.807) is 30.9 Å². The first-order chi connectivity index (χ1) is 9.71. The van der Waals surface area contributed by atoms with Gasteiger partial charge in [0.15, 0.2) is 0 Å². The average Bonchev–Trinajstić information content (AvgIpc) is 2.36. The maximum Gasteiger partial charge on any atom is 0.387 e. The Morgan fingerprint density at radius 3 is 2.33 bits per heavy atom. The van der Waals surface area contributed by atoms with Crippen molar-refractivity contribution in [2.24, 2.45) is 0 Å². The zero-order chi connectivity index (χ0) is 16.0. The topological polar surface area (TPSA) is 49.8 Å². The zero-order valence-corrected chi connectivity index (χ0v) is 12.5. The molecular weight excluding hydrogens is 280 g/mol. The maximum atomic E-state index is 12.1. The molecule has 0 aromatic heterocycles. The second-order valence-electron chi connectivity index (χ2n) is 5.42. The van der Waals surface area contributed by atoms with Gasteiger partial charge < -0.3 is 14.7 Å². The number of carbonyl (C=O) groups excluding carboxylic acids is 1. The molecule has 0 saturated heterocycles. The lowest BCUT2D eigenvalue weighted by Gasteiger charge is -2.28. The second kappa shape index (κ2) is 7.36. The number of nitrogens with zero attached hydrogens (tertiary/aromatic N) is 1. The van der Waals surface area contributed by atoms with Crippen molar-refractivity contribution in [3.8, 4) is 5.75 Å². The van der Waals surface area contributed by atoms with Crippen LogP contribution in [0, 0.1) is 0 Å². The molecular formula is C15H21F2NO3. The van der Waals surface area contributed by atoms with Gasteiger partial charge in [-0.05, 0) is 38.5 Å². The molecule has 0 aliphatic heterocycles. The number of amides is 1. The van der Waals surface area contributed by atoms with Gasteiger partial charge in [-0.25, -0.2) is 0 Å². The fourth-order valence-electron chi connectivity index (χ4n) is 1.92. The molecule has 4 nitrogen and oxygen atoms in total. The van der Waals surface area contributed by atoms with E-state index in [1.165, 1.54) is 12.1 Å². The van der Waals surface area contributed by atoms with Crippen LogP contribution in [0.3, 0.4) is 0 Å². The summed E-state index contributed by atoms with van der Waals surface area (Å²) >= 11 is 0. The summed E-state index contributed by atoms with van der Waals surface area (Å²) in [5, 5.41) is 9.77. The monoisotopic (exact) mass is 301 g/mol. The fraction of sp³-hybridized carbons (Fsp3) is 0.533. The van der Waals surface area contributed by atoms with Gasteiger partial charge >= 0.3 is 6.61 Å². The minimum atomic E-state index is -2.86. The lowest BCUT2D eigenvalue weighted by Crippen LogP contribution is -2.42. The molecule has 0 fully saturated rings. The summed E-state index contributed by atoms with van der Waals surface area (Å²) in [5.41, 5.74) is -0.253. The molecule has 0 heterocycles. The van der Waals surface area contributed by atoms with Gasteiger partial charge in [-0.1, -0.05) is 12.1 Å². The summed E-state index contributed by atoms with van der Waals surface area (Å²) in [6, 6.07) is 5.96. The molecule has 0 unspecified atom stereocenters. The first-order valence-corrected chi connectivity index (χ1v) is 6.75. The van der Waals surface area contributed by atoms with Crippen LogP contribution < -0.4 is 4.74 Å². The van der Waals surface area contributed by atoms with Crippen molar-refractivity contribution in [1.29, 1.82) is 0 Å². The number of halogens is 2. The molecule has 0 spiro atoms. The predicted octanol–water partition coefficient (Wildman–Crippen LogP) is 2.45. The highest BCUT2D eigenvalue weighted by Gasteiger charge is 2.21. The van der Waals surface area contributed by atoms with Crippen LogP contribution in [0.5, 0.6) is 5.75 Å². The number of hydrogen-bond acceptors (Lipinski definition) is 3. The van der Waals surface area contributed by atoms with Gasteiger partial charge in [0.05, 0.1) is 12.0 Å². The highest BCUT2D eigenvalue weighted by Crippen LogP contribution is 2.16. The maximum absolute atomic E-state index is 12.1. The van der Waals surface area contributed by atoms with Gasteiger partial charge in [0, 0.05) is 13.1 Å². The highest BCUT2D eigenvalue weighted by molar-refractivity contribution is 5.78. The number of carbonyl (C=O) groups is 1. The third-order valence-corrected chi connectivity index (χ3v) is 2.82. The molecule has 0 aliphatic carbocycles. The standard InChI is InChI=1S/C15H21F2NO3/c1-4-18(10-15(2,3)20)13(19)9-11-5-7-12(8-6-11)21-14(16)17/h5-8,14,20H,4,9-10H2,1-3H3. The summed E-state index contributed by atoms with van der Waals surface area (Å²) < 4.78 is 28.3. The molecule has 21 heavy (non-hydrogen) atoms. The largest absolute Gasteiger partial charge is 0.435 e. The number of ether oxygens (including phenoxy) is 1. The van der Waals surface area contributed by atoms with E-state index in [2.05, 4.69) is 4.74 Å². The molecule has 0 aliphatic rings. The molecule has 1 N–H and O–H groups in total. The molecule has 1 amide bonds. The van der Waals surface area contributed by atoms with E-state index in [1.807, 2.05) is 6.92 Å². The lowest BCUT2D eigenvalue weighted by atomic mass is 10.1. The van der Waals surface area contributed by atoms with Crippen molar-refractivity contribution in [2.45, 2.75) is 39.4 Å². The summed E-state index contributed by atoms with van der Waals surface area (Å²) in [6.07, 6.45) is 0.152. The normalized spacial score (nSPS) is 11.6. The van der Waals surface area contributed by atoms with Crippen LogP contribution >= 0.6 is 0 Å². The van der Waals surface area contributed by atoms with Crippen molar-refractivity contribution in [2.75, 3.05) is 13.1 Å². The van der Waals surface area contributed by atoms with Crippen LogP contribution in [0.15, 0.2) is 24.3 Å². The van der Waals surface area contributed by atoms with E-state index >= 15 is 0 Å². The summed E-state index contributed by atoms with van der Waals surface area (Å²) in [7, 11) is 0. The van der Waals surface area contributed by atoms with Crippen LogP contribution in [-0.4, -0.2) is 41.2 Å². The first kappa shape index (κ1) is 17.4. The van der Waals surface area contributed by atoms with Crippen molar-refractivity contribution in [1.82, 2.24) is 4.90 Å². The molecule has 1 aromatic carbocycles. The predicted molar refractivity (Wildman–Crippen MR) is 75.3 cm³/mol. The minimum absolute atomic E-state index is 0.0602. The molecule has 118 valence electrons. The Labute approximate surface area is 123 Å². The van der Waals surface area contributed by atoms with Crippen molar-refractivity contribution in [3.05, 3.63) is 29.8 Å². The summed E-state index contributed by atoms with van der Waals surface area (Å²) in [6.45, 7) is 2.99. The average molecular weight is 301 g/mol. The van der Waals surface area contributed by atoms with Crippen LogP contribution in [0.25, 0.3) is 0 Å². The van der Waals surface area contributed by atoms with Crippen LogP contribution in [-0.2, 0) is 11.2 Å². The van der Waals surface area contributed by atoms with Crippen molar-refractivity contribution >= 4 is 5.91 Å². The second-order valence-corrected chi connectivity index (χ2v) is 5.42. The Kier molecular flexibility index (Phi) is 6.08. The van der Waals surface area contributed by atoms with Crippen molar-refractivity contribution in [3.63, 3.8) is 0 Å². The molecule has 0 radical (unpaired) electrons. The smallest absolute Gasteiger partial charge is 0.387 e. The Bertz CT molecular complexity index is 455. The molecule has 1 rings (SSSR count). The van der Waals surface area contributed by atoms with Gasteiger partial charge in [0.2, 0.25) is 5.91 Å². The van der Waals surface area contributed by atoms with E-state index in [0.717, 1.165) is 0 Å². The van der Waals surface area contributed by atoms with E-state index in [9.17, 15) is 18.7 Å². The lowest BCUT2D eigenvalue weighted by molar-refractivity contribution is -0.133. The van der Waals surface area contributed by atoms with Gasteiger partial charge in [-0.15, -0.1) is 0 Å².